The summed E-state index contributed by atoms with van der Waals surface area (Å²) in [5.74, 6) is 0.903. The third-order valence-electron chi connectivity index (χ3n) is 1.36. The number of hydrogen-bond donors (Lipinski definition) is 0. The quantitative estimate of drug-likeness (QED) is 0.473. The summed E-state index contributed by atoms with van der Waals surface area (Å²) in [5.41, 5.74) is 0. The lowest BCUT2D eigenvalue weighted by molar-refractivity contribution is 0.686. The molecular formula is C7H12. The van der Waals surface area contributed by atoms with Gasteiger partial charge in [-0.15, -0.1) is 0 Å². The molecule has 0 radical (unpaired) electrons. The Morgan fingerprint density at radius 3 is 2.57 bits per heavy atom. The van der Waals surface area contributed by atoms with Gasteiger partial charge in [-0.25, -0.2) is 0 Å². The first-order valence-corrected chi connectivity index (χ1v) is 3.12. The van der Waals surface area contributed by atoms with Crippen molar-refractivity contribution in [1.29, 1.82) is 0 Å². The molecule has 0 bridgehead atoms. The minimum Gasteiger partial charge on any atom is -0.0810 e. The van der Waals surface area contributed by atoms with Crippen LogP contribution in [0.15, 0.2) is 12.2 Å². The molecule has 0 heterocycles. The van der Waals surface area contributed by atoms with Gasteiger partial charge in [-0.2, -0.15) is 0 Å². The molecule has 0 aliphatic heterocycles. The highest BCUT2D eigenvalue weighted by atomic mass is 14.1. The van der Waals surface area contributed by atoms with E-state index in [9.17, 15) is 0 Å². The van der Waals surface area contributed by atoms with Crippen molar-refractivity contribution < 1.29 is 0 Å². The Balaban J connectivity index is 1.81. The lowest BCUT2D eigenvalue weighted by Gasteiger charge is -1.89. The molecule has 0 heteroatoms. The van der Waals surface area contributed by atoms with Crippen LogP contribution in [-0.4, -0.2) is 0 Å². The van der Waals surface area contributed by atoms with Crippen molar-refractivity contribution in [3.05, 3.63) is 12.2 Å². The molecule has 0 amide bonds. The van der Waals surface area contributed by atoms with E-state index in [2.05, 4.69) is 19.1 Å². The van der Waals surface area contributed by atoms with Gasteiger partial charge in [0.05, 0.1) is 0 Å². The molecule has 0 saturated carbocycles. The average molecular weight is 96.2 g/mol. The van der Waals surface area contributed by atoms with E-state index >= 15 is 0 Å². The van der Waals surface area contributed by atoms with E-state index in [-0.39, 0.29) is 0 Å². The number of hydrogen-bond acceptors (Lipinski definition) is 0. The van der Waals surface area contributed by atoms with E-state index in [1.807, 2.05) is 0 Å². The van der Waals surface area contributed by atoms with Gasteiger partial charge in [-0.05, 0) is 12.3 Å². The molecule has 0 fully saturated rings. The highest BCUT2D eigenvalue weighted by molar-refractivity contribution is 5.12. The SMILES string of the molecule is CCCCC1C=C1. The highest BCUT2D eigenvalue weighted by Gasteiger charge is 2.07. The molecule has 0 aromatic rings. The fraction of sp³-hybridized carbons (Fsp3) is 0.714. The Kier molecular flexibility index (Phi) is 1.50. The van der Waals surface area contributed by atoms with Crippen LogP contribution in [0.5, 0.6) is 0 Å². The van der Waals surface area contributed by atoms with Gasteiger partial charge in [0, 0.05) is 0 Å². The molecule has 0 nitrogen and oxygen atoms in total. The molecule has 7 heavy (non-hydrogen) atoms. The van der Waals surface area contributed by atoms with E-state index in [4.69, 9.17) is 0 Å². The molecule has 0 aromatic heterocycles. The van der Waals surface area contributed by atoms with E-state index < -0.39 is 0 Å². The maximum Gasteiger partial charge on any atom is -0.00531 e. The summed E-state index contributed by atoms with van der Waals surface area (Å²) in [7, 11) is 0. The smallest absolute Gasteiger partial charge is 0.00531 e. The third-order valence-corrected chi connectivity index (χ3v) is 1.36. The van der Waals surface area contributed by atoms with Gasteiger partial charge in [0.25, 0.3) is 0 Å². The van der Waals surface area contributed by atoms with Crippen LogP contribution in [0, 0.1) is 5.92 Å². The van der Waals surface area contributed by atoms with Crippen molar-refractivity contribution in [2.45, 2.75) is 26.2 Å². The van der Waals surface area contributed by atoms with Gasteiger partial charge < -0.3 is 0 Å². The van der Waals surface area contributed by atoms with Crippen molar-refractivity contribution in [3.63, 3.8) is 0 Å². The monoisotopic (exact) mass is 96.1 g/mol. The summed E-state index contributed by atoms with van der Waals surface area (Å²) in [6.07, 6.45) is 8.69. The molecular weight excluding hydrogens is 84.1 g/mol. The second kappa shape index (κ2) is 2.15. The second-order valence-electron chi connectivity index (χ2n) is 2.19. The van der Waals surface area contributed by atoms with Gasteiger partial charge >= 0.3 is 0 Å². The molecule has 1 aliphatic rings. The van der Waals surface area contributed by atoms with Crippen molar-refractivity contribution in [2.75, 3.05) is 0 Å². The van der Waals surface area contributed by atoms with Crippen LogP contribution < -0.4 is 0 Å². The fourth-order valence-electron chi connectivity index (χ4n) is 0.711. The predicted octanol–water partition coefficient (Wildman–Crippen LogP) is 2.36. The molecule has 0 spiro atoms. The first-order valence-electron chi connectivity index (χ1n) is 3.12. The van der Waals surface area contributed by atoms with Crippen LogP contribution >= 0.6 is 0 Å². The zero-order valence-electron chi connectivity index (χ0n) is 4.85. The van der Waals surface area contributed by atoms with E-state index in [1.165, 1.54) is 19.3 Å². The molecule has 1 rings (SSSR count). The molecule has 0 aromatic carbocycles. The summed E-state index contributed by atoms with van der Waals surface area (Å²) in [6, 6.07) is 0. The lowest BCUT2D eigenvalue weighted by Crippen LogP contribution is -1.74. The minimum atomic E-state index is 0.903. The molecule has 0 unspecified atom stereocenters. The summed E-state index contributed by atoms with van der Waals surface area (Å²) >= 11 is 0. The van der Waals surface area contributed by atoms with Gasteiger partial charge in [-0.1, -0.05) is 31.9 Å². The van der Waals surface area contributed by atoms with Crippen LogP contribution in [0.4, 0.5) is 0 Å². The van der Waals surface area contributed by atoms with Crippen LogP contribution in [0.25, 0.3) is 0 Å². The number of unbranched alkanes of at least 4 members (excludes halogenated alkanes) is 1. The summed E-state index contributed by atoms with van der Waals surface area (Å²) in [5, 5.41) is 0. The summed E-state index contributed by atoms with van der Waals surface area (Å²) in [4.78, 5) is 0. The van der Waals surface area contributed by atoms with Gasteiger partial charge in [0.1, 0.15) is 0 Å². The lowest BCUT2D eigenvalue weighted by atomic mass is 10.2. The molecule has 40 valence electrons. The van der Waals surface area contributed by atoms with E-state index in [0.717, 1.165) is 5.92 Å². The van der Waals surface area contributed by atoms with Crippen LogP contribution in [-0.2, 0) is 0 Å². The minimum absolute atomic E-state index is 0.903. The zero-order valence-corrected chi connectivity index (χ0v) is 4.85. The average Bonchev–Trinajstić information content (AvgIpc) is 2.42. The first kappa shape index (κ1) is 4.89. The van der Waals surface area contributed by atoms with Crippen LogP contribution in [0.2, 0.25) is 0 Å². The van der Waals surface area contributed by atoms with Crippen LogP contribution in [0.3, 0.4) is 0 Å². The number of rotatable bonds is 3. The Hall–Kier alpha value is -0.260. The Morgan fingerprint density at radius 2 is 2.14 bits per heavy atom. The first-order chi connectivity index (χ1) is 3.43. The van der Waals surface area contributed by atoms with Gasteiger partial charge in [0.15, 0.2) is 0 Å². The second-order valence-corrected chi connectivity index (χ2v) is 2.19. The van der Waals surface area contributed by atoms with E-state index in [0.29, 0.717) is 0 Å². The maximum atomic E-state index is 2.27. The van der Waals surface area contributed by atoms with Crippen molar-refractivity contribution in [1.82, 2.24) is 0 Å². The number of allylic oxidation sites excluding steroid dienone is 2. The predicted molar refractivity (Wildman–Crippen MR) is 32.2 cm³/mol. The summed E-state index contributed by atoms with van der Waals surface area (Å²) in [6.45, 7) is 2.24. The fourth-order valence-corrected chi connectivity index (χ4v) is 0.711. The Morgan fingerprint density at radius 1 is 1.43 bits per heavy atom. The topological polar surface area (TPSA) is 0 Å². The van der Waals surface area contributed by atoms with E-state index in [1.54, 1.807) is 0 Å². The Bertz CT molecular complexity index is 66.1. The molecule has 0 atom stereocenters. The standard InChI is InChI=1S/C7H12/c1-2-3-4-7-5-6-7/h5-7H,2-4H2,1H3. The van der Waals surface area contributed by atoms with Crippen molar-refractivity contribution in [3.8, 4) is 0 Å². The molecule has 1 aliphatic carbocycles. The van der Waals surface area contributed by atoms with Crippen LogP contribution in [0.1, 0.15) is 26.2 Å². The van der Waals surface area contributed by atoms with Gasteiger partial charge in [-0.3, -0.25) is 0 Å². The normalized spacial score (nSPS) is 17.9. The summed E-state index contributed by atoms with van der Waals surface area (Å²) < 4.78 is 0. The third kappa shape index (κ3) is 1.77. The molecule has 0 N–H and O–H groups in total. The van der Waals surface area contributed by atoms with Gasteiger partial charge in [0.2, 0.25) is 0 Å². The highest BCUT2D eigenvalue weighted by Crippen LogP contribution is 2.21. The van der Waals surface area contributed by atoms with Crippen molar-refractivity contribution >= 4 is 0 Å². The largest absolute Gasteiger partial charge is 0.0810 e. The molecule has 0 saturated heterocycles. The zero-order chi connectivity index (χ0) is 5.11. The maximum absolute atomic E-state index is 2.27. The van der Waals surface area contributed by atoms with Crippen molar-refractivity contribution in [2.24, 2.45) is 5.92 Å². The Labute approximate surface area is 45.2 Å².